The molecule has 0 saturated carbocycles. The number of piperazine rings is 1. The van der Waals surface area contributed by atoms with Crippen molar-refractivity contribution in [3.05, 3.63) is 30.6 Å². The second-order valence-corrected chi connectivity index (χ2v) is 9.27. The van der Waals surface area contributed by atoms with Gasteiger partial charge in [0.2, 0.25) is 10.0 Å². The summed E-state index contributed by atoms with van der Waals surface area (Å²) in [4.78, 5) is 13.4. The lowest BCUT2D eigenvalue weighted by Crippen LogP contribution is -2.49. The van der Waals surface area contributed by atoms with Crippen molar-refractivity contribution in [2.24, 2.45) is 0 Å². The number of sulfonamides is 1. The molecule has 3 heterocycles. The summed E-state index contributed by atoms with van der Waals surface area (Å²) in [6, 6.07) is 6.68. The van der Waals surface area contributed by atoms with E-state index in [2.05, 4.69) is 19.8 Å². The first-order chi connectivity index (χ1) is 14.5. The predicted molar refractivity (Wildman–Crippen MR) is 114 cm³/mol. The summed E-state index contributed by atoms with van der Waals surface area (Å²) in [5, 5.41) is 0. The fourth-order valence-corrected chi connectivity index (χ4v) is 5.35. The second-order valence-electron chi connectivity index (χ2n) is 7.34. The van der Waals surface area contributed by atoms with Crippen LogP contribution in [0.15, 0.2) is 35.5 Å². The van der Waals surface area contributed by atoms with Crippen LogP contribution in [0.3, 0.4) is 0 Å². The molecule has 0 radical (unpaired) electrons. The zero-order valence-electron chi connectivity index (χ0n) is 17.3. The number of hydrogen-bond donors (Lipinski definition) is 0. The lowest BCUT2D eigenvalue weighted by molar-refractivity contribution is 0.353. The molecule has 2 saturated heterocycles. The SMILES string of the molecule is COc1ccc(S(=O)(=O)N2CCN(c3cc(N4CCCC4)ncn3)CC2)cc1OC. The molecule has 0 bridgehead atoms. The Morgan fingerprint density at radius 1 is 0.800 bits per heavy atom. The summed E-state index contributed by atoms with van der Waals surface area (Å²) >= 11 is 0. The van der Waals surface area contributed by atoms with E-state index >= 15 is 0 Å². The van der Waals surface area contributed by atoms with Crippen molar-refractivity contribution in [1.82, 2.24) is 14.3 Å². The highest BCUT2D eigenvalue weighted by Gasteiger charge is 2.30. The van der Waals surface area contributed by atoms with Gasteiger partial charge in [0.05, 0.1) is 19.1 Å². The average molecular weight is 434 g/mol. The molecule has 0 N–H and O–H groups in total. The highest BCUT2D eigenvalue weighted by atomic mass is 32.2. The molecule has 2 aliphatic heterocycles. The van der Waals surface area contributed by atoms with Gasteiger partial charge in [-0.15, -0.1) is 0 Å². The van der Waals surface area contributed by atoms with Gasteiger partial charge in [-0.05, 0) is 25.0 Å². The van der Waals surface area contributed by atoms with Crippen molar-refractivity contribution >= 4 is 21.7 Å². The summed E-state index contributed by atoms with van der Waals surface area (Å²) in [5.41, 5.74) is 0. The number of hydrogen-bond acceptors (Lipinski definition) is 8. The van der Waals surface area contributed by atoms with E-state index in [1.807, 2.05) is 6.07 Å². The maximum atomic E-state index is 13.1. The number of aromatic nitrogens is 2. The summed E-state index contributed by atoms with van der Waals surface area (Å²) in [5.74, 6) is 2.68. The molecule has 1 aromatic heterocycles. The molecule has 2 aromatic rings. The summed E-state index contributed by atoms with van der Waals surface area (Å²) in [6.07, 6.45) is 3.97. The molecule has 2 fully saturated rings. The van der Waals surface area contributed by atoms with E-state index in [-0.39, 0.29) is 4.90 Å². The molecule has 0 spiro atoms. The van der Waals surface area contributed by atoms with Crippen molar-refractivity contribution in [2.75, 3.05) is 63.3 Å². The zero-order chi connectivity index (χ0) is 21.1. The minimum atomic E-state index is -3.62. The van der Waals surface area contributed by atoms with Gasteiger partial charge in [-0.1, -0.05) is 0 Å². The van der Waals surface area contributed by atoms with Crippen molar-refractivity contribution in [3.63, 3.8) is 0 Å². The van der Waals surface area contributed by atoms with Crippen LogP contribution in [-0.4, -0.2) is 76.2 Å². The zero-order valence-corrected chi connectivity index (χ0v) is 18.1. The Labute approximate surface area is 177 Å². The minimum Gasteiger partial charge on any atom is -0.493 e. The molecule has 1 aromatic carbocycles. The van der Waals surface area contributed by atoms with Crippen LogP contribution < -0.4 is 19.3 Å². The molecule has 9 nitrogen and oxygen atoms in total. The van der Waals surface area contributed by atoms with Crippen LogP contribution in [0, 0.1) is 0 Å². The fourth-order valence-electron chi connectivity index (χ4n) is 3.91. The fraction of sp³-hybridized carbons (Fsp3) is 0.500. The highest BCUT2D eigenvalue weighted by Crippen LogP contribution is 2.31. The van der Waals surface area contributed by atoms with Gasteiger partial charge in [0, 0.05) is 51.4 Å². The van der Waals surface area contributed by atoms with E-state index in [0.29, 0.717) is 37.7 Å². The smallest absolute Gasteiger partial charge is 0.243 e. The Morgan fingerprint density at radius 2 is 1.40 bits per heavy atom. The van der Waals surface area contributed by atoms with E-state index in [1.54, 1.807) is 18.5 Å². The van der Waals surface area contributed by atoms with Gasteiger partial charge in [-0.3, -0.25) is 0 Å². The maximum Gasteiger partial charge on any atom is 0.243 e. The summed E-state index contributed by atoms with van der Waals surface area (Å²) in [7, 11) is -0.604. The summed E-state index contributed by atoms with van der Waals surface area (Å²) < 4.78 is 38.2. The molecule has 0 amide bonds. The molecule has 0 unspecified atom stereocenters. The standard InChI is InChI=1S/C20H27N5O4S/c1-28-17-6-5-16(13-18(17)29-2)30(26,27)25-11-9-24(10-12-25)20-14-19(21-15-22-20)23-7-3-4-8-23/h5-6,13-15H,3-4,7-12H2,1-2H3. The van der Waals surface area contributed by atoms with E-state index < -0.39 is 10.0 Å². The normalized spacial score (nSPS) is 17.9. The third kappa shape index (κ3) is 4.01. The molecule has 4 rings (SSSR count). The van der Waals surface area contributed by atoms with Crippen LogP contribution in [0.2, 0.25) is 0 Å². The number of methoxy groups -OCH3 is 2. The monoisotopic (exact) mass is 433 g/mol. The first-order valence-corrected chi connectivity index (χ1v) is 11.5. The van der Waals surface area contributed by atoms with E-state index in [4.69, 9.17) is 9.47 Å². The molecule has 2 aliphatic rings. The van der Waals surface area contributed by atoms with Crippen molar-refractivity contribution < 1.29 is 17.9 Å². The van der Waals surface area contributed by atoms with E-state index in [9.17, 15) is 8.42 Å². The number of benzene rings is 1. The van der Waals surface area contributed by atoms with Crippen molar-refractivity contribution in [2.45, 2.75) is 17.7 Å². The molecule has 162 valence electrons. The Balaban J connectivity index is 1.46. The molecular weight excluding hydrogens is 406 g/mol. The number of ether oxygens (including phenoxy) is 2. The third-order valence-electron chi connectivity index (χ3n) is 5.62. The van der Waals surface area contributed by atoms with Crippen LogP contribution in [-0.2, 0) is 10.0 Å². The second kappa shape index (κ2) is 8.65. The van der Waals surface area contributed by atoms with Crippen LogP contribution in [0.1, 0.15) is 12.8 Å². The van der Waals surface area contributed by atoms with E-state index in [1.165, 1.54) is 37.4 Å². The van der Waals surface area contributed by atoms with Crippen molar-refractivity contribution in [3.8, 4) is 11.5 Å². The molecule has 0 aliphatic carbocycles. The van der Waals surface area contributed by atoms with Gasteiger partial charge in [0.25, 0.3) is 0 Å². The Bertz CT molecular complexity index is 986. The maximum absolute atomic E-state index is 13.1. The molecule has 30 heavy (non-hydrogen) atoms. The van der Waals surface area contributed by atoms with Crippen LogP contribution in [0.4, 0.5) is 11.6 Å². The van der Waals surface area contributed by atoms with E-state index in [0.717, 1.165) is 24.7 Å². The quantitative estimate of drug-likeness (QED) is 0.679. The topological polar surface area (TPSA) is 88.1 Å². The average Bonchev–Trinajstić information content (AvgIpc) is 3.34. The lowest BCUT2D eigenvalue weighted by atomic mass is 10.3. The first-order valence-electron chi connectivity index (χ1n) is 10.1. The number of nitrogens with zero attached hydrogens (tertiary/aromatic N) is 5. The highest BCUT2D eigenvalue weighted by molar-refractivity contribution is 7.89. The number of anilines is 2. The van der Waals surface area contributed by atoms with Crippen molar-refractivity contribution in [1.29, 1.82) is 0 Å². The van der Waals surface area contributed by atoms with Gasteiger partial charge < -0.3 is 19.3 Å². The van der Waals surface area contributed by atoms with Gasteiger partial charge in [-0.25, -0.2) is 18.4 Å². The molecular formula is C20H27N5O4S. The van der Waals surface area contributed by atoms with Gasteiger partial charge in [0.1, 0.15) is 18.0 Å². The Morgan fingerprint density at radius 3 is 2.00 bits per heavy atom. The minimum absolute atomic E-state index is 0.201. The van der Waals surface area contributed by atoms with Crippen LogP contribution in [0.5, 0.6) is 11.5 Å². The Kier molecular flexibility index (Phi) is 5.96. The largest absolute Gasteiger partial charge is 0.493 e. The lowest BCUT2D eigenvalue weighted by Gasteiger charge is -2.35. The van der Waals surface area contributed by atoms with Gasteiger partial charge >= 0.3 is 0 Å². The van der Waals surface area contributed by atoms with Crippen LogP contribution >= 0.6 is 0 Å². The first kappa shape index (κ1) is 20.7. The summed E-state index contributed by atoms with van der Waals surface area (Å²) in [6.45, 7) is 3.97. The van der Waals surface area contributed by atoms with Gasteiger partial charge in [0.15, 0.2) is 11.5 Å². The Hall–Kier alpha value is -2.59. The molecule has 10 heteroatoms. The van der Waals surface area contributed by atoms with Gasteiger partial charge in [-0.2, -0.15) is 4.31 Å². The third-order valence-corrected chi connectivity index (χ3v) is 7.52. The predicted octanol–water partition coefficient (Wildman–Crippen LogP) is 1.60. The van der Waals surface area contributed by atoms with Crippen LogP contribution in [0.25, 0.3) is 0 Å². The number of rotatable bonds is 6. The molecule has 0 atom stereocenters.